The minimum absolute atomic E-state index is 0.233. The molecule has 0 aliphatic carbocycles. The highest BCUT2D eigenvalue weighted by Gasteiger charge is 2.10. The van der Waals surface area contributed by atoms with E-state index < -0.39 is 6.10 Å². The van der Waals surface area contributed by atoms with Gasteiger partial charge in [-0.25, -0.2) is 4.98 Å². The van der Waals surface area contributed by atoms with Crippen LogP contribution < -0.4 is 0 Å². The van der Waals surface area contributed by atoms with Crippen LogP contribution >= 0.6 is 11.3 Å². The molecule has 0 fully saturated rings. The first-order valence-corrected chi connectivity index (χ1v) is 3.82. The van der Waals surface area contributed by atoms with E-state index in [1.54, 1.807) is 5.51 Å². The summed E-state index contributed by atoms with van der Waals surface area (Å²) in [7, 11) is 0. The molecule has 4 heteroatoms. The highest BCUT2D eigenvalue weighted by molar-refractivity contribution is 7.09. The molecule has 1 atom stereocenters. The Balaban J connectivity index is 2.82. The Kier molecular flexibility index (Phi) is 2.37. The summed E-state index contributed by atoms with van der Waals surface area (Å²) < 4.78 is 0. The first-order valence-electron chi connectivity index (χ1n) is 2.94. The molecule has 1 heterocycles. The van der Waals surface area contributed by atoms with Gasteiger partial charge < -0.3 is 10.2 Å². The second kappa shape index (κ2) is 3.09. The maximum absolute atomic E-state index is 9.12. The van der Waals surface area contributed by atoms with Crippen molar-refractivity contribution in [3.8, 4) is 0 Å². The van der Waals surface area contributed by atoms with Gasteiger partial charge in [-0.15, -0.1) is 11.3 Å². The van der Waals surface area contributed by atoms with Crippen LogP contribution in [0.2, 0.25) is 0 Å². The summed E-state index contributed by atoms with van der Waals surface area (Å²) in [5.74, 6) is 0. The Morgan fingerprint density at radius 3 is 2.90 bits per heavy atom. The predicted octanol–water partition coefficient (Wildman–Crippen LogP) is 0.477. The lowest BCUT2D eigenvalue weighted by Gasteiger charge is -2.02. The fraction of sp³-hybridized carbons (Fsp3) is 0.500. The van der Waals surface area contributed by atoms with Gasteiger partial charge in [0.2, 0.25) is 0 Å². The largest absolute Gasteiger partial charge is 0.393 e. The standard InChI is InChI=1S/C6H9NO2S/c1-4-6(5(9)2-8)10-3-7-4/h3,5,8-9H,2H2,1H3/t5-/m0/s1. The number of aliphatic hydroxyl groups excluding tert-OH is 2. The van der Waals surface area contributed by atoms with Gasteiger partial charge in [0.25, 0.3) is 0 Å². The SMILES string of the molecule is Cc1ncsc1[C@@H](O)CO. The molecule has 0 aliphatic heterocycles. The molecule has 0 spiro atoms. The molecular weight excluding hydrogens is 150 g/mol. The van der Waals surface area contributed by atoms with Crippen molar-refractivity contribution in [1.82, 2.24) is 4.98 Å². The average Bonchev–Trinajstić information content (AvgIpc) is 2.34. The maximum Gasteiger partial charge on any atom is 0.113 e. The molecular formula is C6H9NO2S. The molecule has 0 amide bonds. The minimum Gasteiger partial charge on any atom is -0.393 e. The van der Waals surface area contributed by atoms with Gasteiger partial charge in [0, 0.05) is 0 Å². The van der Waals surface area contributed by atoms with Gasteiger partial charge in [0.05, 0.1) is 22.7 Å². The minimum atomic E-state index is -0.757. The zero-order valence-electron chi connectivity index (χ0n) is 5.61. The second-order valence-corrected chi connectivity index (χ2v) is 2.89. The van der Waals surface area contributed by atoms with E-state index in [9.17, 15) is 0 Å². The van der Waals surface area contributed by atoms with Crippen molar-refractivity contribution >= 4 is 11.3 Å². The summed E-state index contributed by atoms with van der Waals surface area (Å²) in [6.07, 6.45) is -0.757. The van der Waals surface area contributed by atoms with E-state index in [0.29, 0.717) is 0 Å². The van der Waals surface area contributed by atoms with E-state index in [-0.39, 0.29) is 6.61 Å². The molecule has 0 radical (unpaired) electrons. The first-order chi connectivity index (χ1) is 4.75. The van der Waals surface area contributed by atoms with Crippen LogP contribution in [0.5, 0.6) is 0 Å². The van der Waals surface area contributed by atoms with Crippen LogP contribution in [0, 0.1) is 6.92 Å². The Hall–Kier alpha value is -0.450. The van der Waals surface area contributed by atoms with Gasteiger partial charge in [-0.2, -0.15) is 0 Å². The van der Waals surface area contributed by atoms with Crippen molar-refractivity contribution < 1.29 is 10.2 Å². The van der Waals surface area contributed by atoms with Crippen molar-refractivity contribution in [1.29, 1.82) is 0 Å². The van der Waals surface area contributed by atoms with Gasteiger partial charge in [-0.1, -0.05) is 0 Å². The van der Waals surface area contributed by atoms with Crippen LogP contribution in [-0.2, 0) is 0 Å². The summed E-state index contributed by atoms with van der Waals surface area (Å²) in [5.41, 5.74) is 2.45. The molecule has 2 N–H and O–H groups in total. The molecule has 1 aromatic heterocycles. The summed E-state index contributed by atoms with van der Waals surface area (Å²) in [6, 6.07) is 0. The van der Waals surface area contributed by atoms with Gasteiger partial charge >= 0.3 is 0 Å². The van der Waals surface area contributed by atoms with Crippen molar-refractivity contribution in [2.24, 2.45) is 0 Å². The number of nitrogens with zero attached hydrogens (tertiary/aromatic N) is 1. The van der Waals surface area contributed by atoms with Gasteiger partial charge in [0.15, 0.2) is 0 Å². The van der Waals surface area contributed by atoms with Crippen LogP contribution in [0.4, 0.5) is 0 Å². The average molecular weight is 159 g/mol. The lowest BCUT2D eigenvalue weighted by atomic mass is 10.3. The molecule has 56 valence electrons. The topological polar surface area (TPSA) is 53.4 Å². The highest BCUT2D eigenvalue weighted by Crippen LogP contribution is 2.20. The Morgan fingerprint density at radius 1 is 1.80 bits per heavy atom. The van der Waals surface area contributed by atoms with Crippen molar-refractivity contribution in [3.63, 3.8) is 0 Å². The number of rotatable bonds is 2. The number of hydrogen-bond donors (Lipinski definition) is 2. The summed E-state index contributed by atoms with van der Waals surface area (Å²) in [6.45, 7) is 1.58. The molecule has 1 aromatic rings. The summed E-state index contributed by atoms with van der Waals surface area (Å²) >= 11 is 1.36. The predicted molar refractivity (Wildman–Crippen MR) is 38.9 cm³/mol. The first kappa shape index (κ1) is 7.65. The van der Waals surface area contributed by atoms with Crippen LogP contribution in [0.3, 0.4) is 0 Å². The van der Waals surface area contributed by atoms with E-state index in [0.717, 1.165) is 10.6 Å². The van der Waals surface area contributed by atoms with Crippen LogP contribution in [0.1, 0.15) is 16.7 Å². The Morgan fingerprint density at radius 2 is 2.50 bits per heavy atom. The van der Waals surface area contributed by atoms with Gasteiger partial charge in [0.1, 0.15) is 6.10 Å². The zero-order valence-corrected chi connectivity index (χ0v) is 6.43. The fourth-order valence-corrected chi connectivity index (χ4v) is 1.49. The monoisotopic (exact) mass is 159 g/mol. The van der Waals surface area contributed by atoms with Crippen LogP contribution in [0.15, 0.2) is 5.51 Å². The van der Waals surface area contributed by atoms with Crippen LogP contribution in [0.25, 0.3) is 0 Å². The Labute approximate surface area is 63.0 Å². The van der Waals surface area contributed by atoms with Crippen molar-refractivity contribution in [2.45, 2.75) is 13.0 Å². The molecule has 0 saturated carbocycles. The third kappa shape index (κ3) is 1.34. The smallest absolute Gasteiger partial charge is 0.113 e. The molecule has 0 saturated heterocycles. The molecule has 0 bridgehead atoms. The van der Waals surface area contributed by atoms with E-state index in [2.05, 4.69) is 4.98 Å². The normalized spacial score (nSPS) is 13.5. The number of aromatic nitrogens is 1. The third-order valence-corrected chi connectivity index (χ3v) is 2.29. The highest BCUT2D eigenvalue weighted by atomic mass is 32.1. The van der Waals surface area contributed by atoms with Crippen molar-refractivity contribution in [3.05, 3.63) is 16.1 Å². The summed E-state index contributed by atoms with van der Waals surface area (Å²) in [5, 5.41) is 17.7. The number of hydrogen-bond acceptors (Lipinski definition) is 4. The van der Waals surface area contributed by atoms with E-state index in [1.165, 1.54) is 11.3 Å². The fourth-order valence-electron chi connectivity index (χ4n) is 0.714. The Bertz CT molecular complexity index is 211. The molecule has 1 rings (SSSR count). The molecule has 0 unspecified atom stereocenters. The lowest BCUT2D eigenvalue weighted by molar-refractivity contribution is 0.0977. The van der Waals surface area contributed by atoms with Gasteiger partial charge in [-0.05, 0) is 6.92 Å². The maximum atomic E-state index is 9.12. The molecule has 0 aromatic carbocycles. The van der Waals surface area contributed by atoms with Gasteiger partial charge in [-0.3, -0.25) is 0 Å². The van der Waals surface area contributed by atoms with E-state index in [1.807, 2.05) is 6.92 Å². The third-order valence-electron chi connectivity index (χ3n) is 1.26. The zero-order chi connectivity index (χ0) is 7.56. The molecule has 10 heavy (non-hydrogen) atoms. The van der Waals surface area contributed by atoms with E-state index in [4.69, 9.17) is 10.2 Å². The molecule has 3 nitrogen and oxygen atoms in total. The van der Waals surface area contributed by atoms with Crippen molar-refractivity contribution in [2.75, 3.05) is 6.61 Å². The number of aryl methyl sites for hydroxylation is 1. The quantitative estimate of drug-likeness (QED) is 0.659. The number of thiazole rings is 1. The number of aliphatic hydroxyl groups is 2. The second-order valence-electron chi connectivity index (χ2n) is 2.00. The lowest BCUT2D eigenvalue weighted by Crippen LogP contribution is -2.01. The van der Waals surface area contributed by atoms with Crippen LogP contribution in [-0.4, -0.2) is 21.8 Å². The summed E-state index contributed by atoms with van der Waals surface area (Å²) in [4.78, 5) is 4.69. The van der Waals surface area contributed by atoms with E-state index >= 15 is 0 Å². The molecule has 0 aliphatic rings.